The molecule has 0 aliphatic rings. The van der Waals surface area contributed by atoms with Gasteiger partial charge >= 0.3 is 0 Å². The highest BCUT2D eigenvalue weighted by Crippen LogP contribution is 2.18. The highest BCUT2D eigenvalue weighted by atomic mass is 15.3. The van der Waals surface area contributed by atoms with E-state index < -0.39 is 0 Å². The second kappa shape index (κ2) is 5.03. The van der Waals surface area contributed by atoms with E-state index in [1.165, 1.54) is 0 Å². The third-order valence-corrected chi connectivity index (χ3v) is 2.61. The Morgan fingerprint density at radius 2 is 2.24 bits per heavy atom. The standard InChI is InChI=1S/C11H16N6/c1-3-17-10(4-5-15-17)11(16-12)9-7-13-8(2)6-14-9/h4-7,11,16H,3,12H2,1-2H3. The largest absolute Gasteiger partial charge is 0.270 e. The van der Waals surface area contributed by atoms with Gasteiger partial charge in [0.1, 0.15) is 6.04 Å². The molecule has 17 heavy (non-hydrogen) atoms. The Morgan fingerprint density at radius 1 is 1.41 bits per heavy atom. The van der Waals surface area contributed by atoms with Crippen molar-refractivity contribution in [2.24, 2.45) is 5.84 Å². The number of hydrazine groups is 1. The lowest BCUT2D eigenvalue weighted by molar-refractivity contribution is 0.534. The van der Waals surface area contributed by atoms with E-state index in [1.807, 2.05) is 24.6 Å². The third-order valence-electron chi connectivity index (χ3n) is 2.61. The van der Waals surface area contributed by atoms with Crippen molar-refractivity contribution in [3.63, 3.8) is 0 Å². The summed E-state index contributed by atoms with van der Waals surface area (Å²) >= 11 is 0. The zero-order valence-corrected chi connectivity index (χ0v) is 9.96. The van der Waals surface area contributed by atoms with E-state index in [-0.39, 0.29) is 6.04 Å². The maximum Gasteiger partial charge on any atom is 0.106 e. The van der Waals surface area contributed by atoms with Crippen LogP contribution in [0.15, 0.2) is 24.7 Å². The van der Waals surface area contributed by atoms with Gasteiger partial charge in [-0.05, 0) is 19.9 Å². The van der Waals surface area contributed by atoms with Crippen LogP contribution in [-0.2, 0) is 6.54 Å². The van der Waals surface area contributed by atoms with Gasteiger partial charge in [0, 0.05) is 18.9 Å². The lowest BCUT2D eigenvalue weighted by Crippen LogP contribution is -2.31. The first-order valence-electron chi connectivity index (χ1n) is 5.52. The first-order valence-corrected chi connectivity index (χ1v) is 5.52. The van der Waals surface area contributed by atoms with Crippen molar-refractivity contribution in [1.82, 2.24) is 25.2 Å². The fraction of sp³-hybridized carbons (Fsp3) is 0.364. The first-order chi connectivity index (χ1) is 8.26. The van der Waals surface area contributed by atoms with Crippen LogP contribution < -0.4 is 11.3 Å². The number of rotatable bonds is 4. The molecule has 2 aromatic rings. The van der Waals surface area contributed by atoms with Crippen LogP contribution in [0.4, 0.5) is 0 Å². The van der Waals surface area contributed by atoms with Gasteiger partial charge in [-0.2, -0.15) is 5.10 Å². The molecule has 0 spiro atoms. The van der Waals surface area contributed by atoms with Crippen molar-refractivity contribution < 1.29 is 0 Å². The molecule has 0 aliphatic heterocycles. The molecule has 0 saturated heterocycles. The molecule has 3 N–H and O–H groups in total. The van der Waals surface area contributed by atoms with Crippen LogP contribution in [0.1, 0.15) is 30.0 Å². The Balaban J connectivity index is 2.36. The number of hydrogen-bond acceptors (Lipinski definition) is 5. The van der Waals surface area contributed by atoms with Crippen LogP contribution in [0.5, 0.6) is 0 Å². The second-order valence-electron chi connectivity index (χ2n) is 3.75. The summed E-state index contributed by atoms with van der Waals surface area (Å²) in [7, 11) is 0. The molecule has 2 aromatic heterocycles. The summed E-state index contributed by atoms with van der Waals surface area (Å²) in [5, 5.41) is 4.22. The van der Waals surface area contributed by atoms with Gasteiger partial charge < -0.3 is 0 Å². The number of nitrogens with one attached hydrogen (secondary N) is 1. The van der Waals surface area contributed by atoms with Gasteiger partial charge in [0.15, 0.2) is 0 Å². The molecule has 6 nitrogen and oxygen atoms in total. The number of hydrogen-bond donors (Lipinski definition) is 2. The Hall–Kier alpha value is -1.79. The molecule has 90 valence electrons. The van der Waals surface area contributed by atoms with Gasteiger partial charge in [-0.25, -0.2) is 5.43 Å². The molecule has 0 saturated carbocycles. The quantitative estimate of drug-likeness (QED) is 0.594. The first kappa shape index (κ1) is 11.7. The minimum absolute atomic E-state index is 0.189. The minimum atomic E-state index is -0.189. The smallest absolute Gasteiger partial charge is 0.106 e. The Labute approximate surface area is 99.9 Å². The third kappa shape index (κ3) is 2.32. The lowest BCUT2D eigenvalue weighted by atomic mass is 10.1. The molecule has 0 bridgehead atoms. The van der Waals surface area contributed by atoms with Crippen molar-refractivity contribution in [2.45, 2.75) is 26.4 Å². The summed E-state index contributed by atoms with van der Waals surface area (Å²) in [6.07, 6.45) is 5.21. The summed E-state index contributed by atoms with van der Waals surface area (Å²) in [6, 6.07) is 1.74. The van der Waals surface area contributed by atoms with E-state index in [2.05, 4.69) is 20.5 Å². The van der Waals surface area contributed by atoms with Crippen LogP contribution in [0.2, 0.25) is 0 Å². The van der Waals surface area contributed by atoms with E-state index in [0.29, 0.717) is 0 Å². The molecule has 0 aromatic carbocycles. The molecular weight excluding hydrogens is 216 g/mol. The van der Waals surface area contributed by atoms with Crippen LogP contribution in [0, 0.1) is 6.92 Å². The highest BCUT2D eigenvalue weighted by molar-refractivity contribution is 5.19. The van der Waals surface area contributed by atoms with E-state index in [0.717, 1.165) is 23.6 Å². The van der Waals surface area contributed by atoms with Crippen LogP contribution in [-0.4, -0.2) is 19.7 Å². The SMILES string of the molecule is CCn1nccc1C(NN)c1cnc(C)cn1. The van der Waals surface area contributed by atoms with Crippen LogP contribution in [0.3, 0.4) is 0 Å². The van der Waals surface area contributed by atoms with Crippen LogP contribution in [0.25, 0.3) is 0 Å². The van der Waals surface area contributed by atoms with Crippen molar-refractivity contribution in [1.29, 1.82) is 0 Å². The van der Waals surface area contributed by atoms with Crippen molar-refractivity contribution in [3.8, 4) is 0 Å². The fourth-order valence-corrected chi connectivity index (χ4v) is 1.73. The van der Waals surface area contributed by atoms with E-state index >= 15 is 0 Å². The van der Waals surface area contributed by atoms with E-state index in [9.17, 15) is 0 Å². The van der Waals surface area contributed by atoms with Gasteiger partial charge in [-0.3, -0.25) is 20.5 Å². The van der Waals surface area contributed by atoms with Crippen LogP contribution >= 0.6 is 0 Å². The van der Waals surface area contributed by atoms with Gasteiger partial charge in [0.05, 0.1) is 23.3 Å². The molecule has 2 heterocycles. The zero-order valence-electron chi connectivity index (χ0n) is 9.96. The molecule has 1 atom stereocenters. The average molecular weight is 232 g/mol. The Morgan fingerprint density at radius 3 is 2.82 bits per heavy atom. The number of nitrogens with zero attached hydrogens (tertiary/aromatic N) is 4. The van der Waals surface area contributed by atoms with Gasteiger partial charge in [0.2, 0.25) is 0 Å². The molecule has 0 amide bonds. The van der Waals surface area contributed by atoms with Gasteiger partial charge in [-0.1, -0.05) is 0 Å². The van der Waals surface area contributed by atoms with Crippen molar-refractivity contribution >= 4 is 0 Å². The topological polar surface area (TPSA) is 81.7 Å². The maximum absolute atomic E-state index is 5.60. The van der Waals surface area contributed by atoms with Gasteiger partial charge in [-0.15, -0.1) is 0 Å². The summed E-state index contributed by atoms with van der Waals surface area (Å²) in [4.78, 5) is 8.56. The van der Waals surface area contributed by atoms with E-state index in [4.69, 9.17) is 5.84 Å². The maximum atomic E-state index is 5.60. The number of aromatic nitrogens is 4. The second-order valence-corrected chi connectivity index (χ2v) is 3.75. The predicted octanol–water partition coefficient (Wildman–Crippen LogP) is 0.554. The zero-order chi connectivity index (χ0) is 12.3. The molecule has 0 aliphatic carbocycles. The summed E-state index contributed by atoms with van der Waals surface area (Å²) in [5.41, 5.74) is 5.40. The number of nitrogens with two attached hydrogens (primary N) is 1. The molecule has 0 radical (unpaired) electrons. The summed E-state index contributed by atoms with van der Waals surface area (Å²) in [6.45, 7) is 4.72. The normalized spacial score (nSPS) is 12.6. The molecule has 2 rings (SSSR count). The predicted molar refractivity (Wildman–Crippen MR) is 63.8 cm³/mol. The summed E-state index contributed by atoms with van der Waals surface area (Å²) < 4.78 is 1.88. The van der Waals surface area contributed by atoms with Crippen molar-refractivity contribution in [2.75, 3.05) is 0 Å². The highest BCUT2D eigenvalue weighted by Gasteiger charge is 2.17. The van der Waals surface area contributed by atoms with E-state index in [1.54, 1.807) is 18.6 Å². The lowest BCUT2D eigenvalue weighted by Gasteiger charge is -2.16. The minimum Gasteiger partial charge on any atom is -0.270 e. The fourth-order valence-electron chi connectivity index (χ4n) is 1.73. The Bertz CT molecular complexity index is 475. The average Bonchev–Trinajstić information content (AvgIpc) is 2.81. The number of aryl methyl sites for hydroxylation is 2. The summed E-state index contributed by atoms with van der Waals surface area (Å²) in [5.74, 6) is 5.60. The molecule has 1 unspecified atom stereocenters. The monoisotopic (exact) mass is 232 g/mol. The Kier molecular flexibility index (Phi) is 3.46. The molecular formula is C11H16N6. The molecule has 6 heteroatoms. The van der Waals surface area contributed by atoms with Crippen molar-refractivity contribution in [3.05, 3.63) is 41.7 Å². The molecule has 0 fully saturated rings. The van der Waals surface area contributed by atoms with Gasteiger partial charge in [0.25, 0.3) is 0 Å².